The molecule has 0 bridgehead atoms. The topological polar surface area (TPSA) is 117 Å². The van der Waals surface area contributed by atoms with Crippen LogP contribution in [0.25, 0.3) is 10.1 Å². The first-order chi connectivity index (χ1) is 14.9. The monoisotopic (exact) mass is 458 g/mol. The van der Waals surface area contributed by atoms with Crippen molar-refractivity contribution >= 4 is 56.3 Å². The van der Waals surface area contributed by atoms with Gasteiger partial charge in [-0.05, 0) is 36.4 Å². The summed E-state index contributed by atoms with van der Waals surface area (Å²) in [6.07, 6.45) is 2.14. The van der Waals surface area contributed by atoms with Crippen molar-refractivity contribution in [2.75, 3.05) is 37.1 Å². The van der Waals surface area contributed by atoms with E-state index in [9.17, 15) is 4.79 Å². The number of hydrogen-bond donors (Lipinski definition) is 3. The van der Waals surface area contributed by atoms with Gasteiger partial charge in [0.15, 0.2) is 0 Å². The molecule has 0 radical (unpaired) electrons. The molecule has 0 saturated carbocycles. The normalized spacial score (nSPS) is 16.0. The van der Waals surface area contributed by atoms with Crippen molar-refractivity contribution in [2.45, 2.75) is 19.4 Å². The Morgan fingerprint density at radius 3 is 2.97 bits per heavy atom. The molecule has 31 heavy (non-hydrogen) atoms. The minimum Gasteiger partial charge on any atom is -0.495 e. The van der Waals surface area contributed by atoms with Crippen LogP contribution in [0.15, 0.2) is 24.5 Å². The number of amides is 1. The molecule has 1 aliphatic heterocycles. The number of nitrogens with one attached hydrogen (secondary N) is 2. The van der Waals surface area contributed by atoms with Gasteiger partial charge in [-0.3, -0.25) is 10.2 Å². The number of aryl methyl sites for hydroxylation is 1. The summed E-state index contributed by atoms with van der Waals surface area (Å²) in [4.78, 5) is 22.8. The van der Waals surface area contributed by atoms with E-state index in [0.29, 0.717) is 24.5 Å². The van der Waals surface area contributed by atoms with Gasteiger partial charge in [0.25, 0.3) is 0 Å². The second-order valence-electron chi connectivity index (χ2n) is 7.46. The van der Waals surface area contributed by atoms with Crippen molar-refractivity contribution < 1.29 is 9.53 Å². The summed E-state index contributed by atoms with van der Waals surface area (Å²) >= 11 is 7.15. The standard InChI is InChI=1S/C21H23ClN6O2S/c1-11-5-12-7-15(31-19(12)14(6-11)30-2)18(23)17-20(24)25-10-26-21(17)27-13-3-4-28(9-13)16(29)8-22/h5-7,10,13,23H,3-4,8-9H2,1-2H3,(H3,24,25,26,27). The molecule has 1 amide bonds. The van der Waals surface area contributed by atoms with Gasteiger partial charge in [-0.15, -0.1) is 22.9 Å². The zero-order chi connectivity index (χ0) is 22.1. The molecule has 0 aliphatic carbocycles. The Hall–Kier alpha value is -2.91. The van der Waals surface area contributed by atoms with Crippen LogP contribution in [-0.4, -0.2) is 58.6 Å². The number of hydrogen-bond acceptors (Lipinski definition) is 8. The van der Waals surface area contributed by atoms with E-state index >= 15 is 0 Å². The highest BCUT2D eigenvalue weighted by Crippen LogP contribution is 2.36. The molecule has 1 fully saturated rings. The molecule has 4 N–H and O–H groups in total. The van der Waals surface area contributed by atoms with Crippen molar-refractivity contribution in [3.63, 3.8) is 0 Å². The highest BCUT2D eigenvalue weighted by atomic mass is 35.5. The number of rotatable bonds is 6. The average Bonchev–Trinajstić information content (AvgIpc) is 3.39. The Morgan fingerprint density at radius 1 is 1.42 bits per heavy atom. The van der Waals surface area contributed by atoms with Crippen molar-refractivity contribution in [3.05, 3.63) is 40.5 Å². The summed E-state index contributed by atoms with van der Waals surface area (Å²) in [5.41, 5.74) is 7.95. The van der Waals surface area contributed by atoms with E-state index in [-0.39, 0.29) is 29.4 Å². The molecule has 1 aromatic carbocycles. The van der Waals surface area contributed by atoms with Gasteiger partial charge in [-0.2, -0.15) is 0 Å². The molecular formula is C21H23ClN6O2S. The van der Waals surface area contributed by atoms with Crippen LogP contribution in [0.3, 0.4) is 0 Å². The molecule has 8 nitrogen and oxygen atoms in total. The third kappa shape index (κ3) is 4.15. The number of likely N-dealkylation sites (tertiary alicyclic amines) is 1. The van der Waals surface area contributed by atoms with Crippen LogP contribution >= 0.6 is 22.9 Å². The minimum atomic E-state index is -0.0874. The van der Waals surface area contributed by atoms with Crippen LogP contribution in [-0.2, 0) is 4.79 Å². The van der Waals surface area contributed by atoms with Crippen LogP contribution in [0, 0.1) is 12.3 Å². The van der Waals surface area contributed by atoms with Gasteiger partial charge in [0.1, 0.15) is 29.6 Å². The number of anilines is 2. The third-order valence-electron chi connectivity index (χ3n) is 5.32. The van der Waals surface area contributed by atoms with Crippen LogP contribution in [0.2, 0.25) is 0 Å². The number of ether oxygens (including phenoxy) is 1. The Balaban J connectivity index is 1.65. The second-order valence-corrected chi connectivity index (χ2v) is 8.78. The Kier molecular flexibility index (Phi) is 5.97. The highest BCUT2D eigenvalue weighted by Gasteiger charge is 2.28. The Labute approximate surface area is 188 Å². The van der Waals surface area contributed by atoms with E-state index in [1.807, 2.05) is 19.1 Å². The number of aromatic nitrogens is 2. The number of fused-ring (bicyclic) bond motifs is 1. The second kappa shape index (κ2) is 8.68. The number of methoxy groups -OCH3 is 1. The summed E-state index contributed by atoms with van der Waals surface area (Å²) < 4.78 is 6.49. The zero-order valence-corrected chi connectivity index (χ0v) is 18.8. The summed E-state index contributed by atoms with van der Waals surface area (Å²) in [5.74, 6) is 1.39. The lowest BCUT2D eigenvalue weighted by Crippen LogP contribution is -2.32. The van der Waals surface area contributed by atoms with Crippen molar-refractivity contribution in [2.24, 2.45) is 0 Å². The summed E-state index contributed by atoms with van der Waals surface area (Å²) in [5, 5.41) is 13.2. The summed E-state index contributed by atoms with van der Waals surface area (Å²) in [7, 11) is 1.64. The van der Waals surface area contributed by atoms with E-state index in [4.69, 9.17) is 27.5 Å². The molecule has 2 aromatic heterocycles. The summed E-state index contributed by atoms with van der Waals surface area (Å²) in [6, 6.07) is 6.01. The maximum absolute atomic E-state index is 11.9. The molecule has 1 atom stereocenters. The zero-order valence-electron chi connectivity index (χ0n) is 17.2. The van der Waals surface area contributed by atoms with Gasteiger partial charge >= 0.3 is 0 Å². The molecule has 162 valence electrons. The molecular weight excluding hydrogens is 436 g/mol. The number of carbonyl (C=O) groups is 1. The first-order valence-corrected chi connectivity index (χ1v) is 11.1. The van der Waals surface area contributed by atoms with Crippen LogP contribution in [0.4, 0.5) is 11.6 Å². The largest absolute Gasteiger partial charge is 0.495 e. The maximum Gasteiger partial charge on any atom is 0.237 e. The number of nitrogen functional groups attached to an aromatic ring is 1. The number of thiophene rings is 1. The lowest BCUT2D eigenvalue weighted by molar-refractivity contribution is -0.127. The predicted molar refractivity (Wildman–Crippen MR) is 125 cm³/mol. The lowest BCUT2D eigenvalue weighted by Gasteiger charge is -2.18. The minimum absolute atomic E-state index is 0.00170. The van der Waals surface area contributed by atoms with Gasteiger partial charge in [-0.25, -0.2) is 9.97 Å². The number of alkyl halides is 1. The molecule has 10 heteroatoms. The number of carbonyl (C=O) groups excluding carboxylic acids is 1. The first kappa shape index (κ1) is 21.3. The number of benzene rings is 1. The van der Waals surface area contributed by atoms with E-state index in [1.165, 1.54) is 17.7 Å². The maximum atomic E-state index is 11.9. The molecule has 3 heterocycles. The fourth-order valence-corrected chi connectivity index (χ4v) is 5.06. The van der Waals surface area contributed by atoms with Crippen LogP contribution < -0.4 is 15.8 Å². The highest BCUT2D eigenvalue weighted by molar-refractivity contribution is 7.21. The number of nitrogens with zero attached hydrogens (tertiary/aromatic N) is 3. The van der Waals surface area contributed by atoms with E-state index in [0.717, 1.165) is 32.7 Å². The first-order valence-electron chi connectivity index (χ1n) is 9.79. The fraction of sp³-hybridized carbons (Fsp3) is 0.333. The molecule has 0 spiro atoms. The lowest BCUT2D eigenvalue weighted by atomic mass is 10.1. The van der Waals surface area contributed by atoms with Gasteiger partial charge in [-0.1, -0.05) is 6.07 Å². The Morgan fingerprint density at radius 2 is 2.23 bits per heavy atom. The van der Waals surface area contributed by atoms with Crippen molar-refractivity contribution in [3.8, 4) is 5.75 Å². The third-order valence-corrected chi connectivity index (χ3v) is 6.73. The van der Waals surface area contributed by atoms with E-state index in [1.54, 1.807) is 12.0 Å². The summed E-state index contributed by atoms with van der Waals surface area (Å²) in [6.45, 7) is 3.17. The molecule has 1 aliphatic rings. The average molecular weight is 459 g/mol. The SMILES string of the molecule is COc1cc(C)cc2cc(C(=N)c3c(N)ncnc3NC3CCN(C(=O)CCl)C3)sc12. The van der Waals surface area contributed by atoms with Crippen LogP contribution in [0.1, 0.15) is 22.4 Å². The van der Waals surface area contributed by atoms with E-state index < -0.39 is 0 Å². The number of halogens is 1. The van der Waals surface area contributed by atoms with Crippen molar-refractivity contribution in [1.82, 2.24) is 14.9 Å². The van der Waals surface area contributed by atoms with Gasteiger partial charge in [0.05, 0.1) is 28.0 Å². The molecule has 4 rings (SSSR count). The van der Waals surface area contributed by atoms with Crippen molar-refractivity contribution in [1.29, 1.82) is 5.41 Å². The fourth-order valence-electron chi connectivity index (χ4n) is 3.80. The quantitative estimate of drug-likeness (QED) is 0.385. The predicted octanol–water partition coefficient (Wildman–Crippen LogP) is 3.26. The smallest absolute Gasteiger partial charge is 0.237 e. The van der Waals surface area contributed by atoms with E-state index in [2.05, 4.69) is 21.4 Å². The van der Waals surface area contributed by atoms with Gasteiger partial charge in [0.2, 0.25) is 5.91 Å². The molecule has 3 aromatic rings. The van der Waals surface area contributed by atoms with Gasteiger partial charge < -0.3 is 20.7 Å². The molecule has 1 saturated heterocycles. The Bertz CT molecular complexity index is 1160. The van der Waals surface area contributed by atoms with Gasteiger partial charge in [0, 0.05) is 19.1 Å². The number of nitrogens with two attached hydrogens (primary N) is 1. The molecule has 1 unspecified atom stereocenters. The van der Waals surface area contributed by atoms with Crippen LogP contribution in [0.5, 0.6) is 5.75 Å².